The van der Waals surface area contributed by atoms with Gasteiger partial charge in [0.1, 0.15) is 11.0 Å². The lowest BCUT2D eigenvalue weighted by Crippen LogP contribution is -2.39. The minimum absolute atomic E-state index is 0.0222. The molecule has 38 heavy (non-hydrogen) atoms. The number of benzene rings is 2. The summed E-state index contributed by atoms with van der Waals surface area (Å²) in [6, 6.07) is 23.7. The van der Waals surface area contributed by atoms with Crippen LogP contribution in [0.15, 0.2) is 72.8 Å². The molecule has 2 aromatic carbocycles. The molecule has 0 saturated heterocycles. The molecule has 0 aliphatic carbocycles. The van der Waals surface area contributed by atoms with Gasteiger partial charge in [0.05, 0.1) is 11.4 Å². The monoisotopic (exact) mass is 550 g/mol. The van der Waals surface area contributed by atoms with Gasteiger partial charge in [-0.05, 0) is 53.1 Å². The van der Waals surface area contributed by atoms with Gasteiger partial charge in [0.15, 0.2) is 0 Å². The van der Waals surface area contributed by atoms with Crippen molar-refractivity contribution in [3.8, 4) is 22.5 Å². The summed E-state index contributed by atoms with van der Waals surface area (Å²) in [5, 5.41) is 0.729. The Morgan fingerprint density at radius 1 is 0.579 bits per heavy atom. The number of anilines is 2. The molecule has 2 aromatic heterocycles. The molecule has 2 heterocycles. The van der Waals surface area contributed by atoms with Crippen molar-refractivity contribution in [2.75, 3.05) is 23.9 Å². The number of nitrogens with zero attached hydrogens (tertiary/aromatic N) is 6. The van der Waals surface area contributed by atoms with Crippen molar-refractivity contribution in [2.45, 2.75) is 52.6 Å². The topological polar surface area (TPSA) is 58.0 Å². The summed E-state index contributed by atoms with van der Waals surface area (Å²) in [7, 11) is 3.98. The van der Waals surface area contributed by atoms with Crippen LogP contribution in [0.2, 0.25) is 10.4 Å². The number of hydrogen-bond acceptors (Lipinski definition) is 6. The Morgan fingerprint density at radius 2 is 1.05 bits per heavy atom. The molecule has 0 aliphatic heterocycles. The molecular weight excluding hydrogens is 515 g/mol. The molecule has 4 rings (SSSR count). The SMILES string of the molecule is CN(c1cc(-c2ccccc2)nc(Cl)n1)C(C)(C)C.CN(c1nc(Cl)cc(-c2ccccc2)n1)C(C)(C)C. The molecule has 0 aliphatic rings. The molecule has 0 bridgehead atoms. The van der Waals surface area contributed by atoms with Crippen LogP contribution in [0.25, 0.3) is 22.5 Å². The fourth-order valence-corrected chi connectivity index (χ4v) is 3.65. The Balaban J connectivity index is 0.000000211. The summed E-state index contributed by atoms with van der Waals surface area (Å²) in [5.74, 6) is 1.46. The molecule has 0 N–H and O–H groups in total. The average molecular weight is 552 g/mol. The largest absolute Gasteiger partial charge is 0.355 e. The van der Waals surface area contributed by atoms with E-state index in [2.05, 4.69) is 66.4 Å². The summed E-state index contributed by atoms with van der Waals surface area (Å²) in [4.78, 5) is 21.6. The molecule has 0 spiro atoms. The summed E-state index contributed by atoms with van der Waals surface area (Å²) >= 11 is 12.2. The highest BCUT2D eigenvalue weighted by atomic mass is 35.5. The second kappa shape index (κ2) is 12.1. The fourth-order valence-electron chi connectivity index (χ4n) is 3.29. The van der Waals surface area contributed by atoms with Gasteiger partial charge in [-0.25, -0.2) is 19.9 Å². The smallest absolute Gasteiger partial charge is 0.227 e. The summed E-state index contributed by atoms with van der Waals surface area (Å²) in [5.41, 5.74) is 3.67. The maximum atomic E-state index is 6.12. The Hall–Kier alpha value is -3.22. The van der Waals surface area contributed by atoms with E-state index >= 15 is 0 Å². The lowest BCUT2D eigenvalue weighted by atomic mass is 10.1. The maximum Gasteiger partial charge on any atom is 0.227 e. The highest BCUT2D eigenvalue weighted by Gasteiger charge is 2.21. The van der Waals surface area contributed by atoms with Gasteiger partial charge in [-0.1, -0.05) is 72.3 Å². The van der Waals surface area contributed by atoms with Crippen LogP contribution >= 0.6 is 23.2 Å². The Labute approximate surface area is 236 Å². The van der Waals surface area contributed by atoms with E-state index in [-0.39, 0.29) is 16.4 Å². The molecule has 200 valence electrons. The molecule has 0 amide bonds. The first-order chi connectivity index (χ1) is 17.8. The van der Waals surface area contributed by atoms with Crippen LogP contribution in [0.4, 0.5) is 11.8 Å². The predicted molar refractivity (Wildman–Crippen MR) is 161 cm³/mol. The van der Waals surface area contributed by atoms with Gasteiger partial charge >= 0.3 is 0 Å². The first-order valence-electron chi connectivity index (χ1n) is 12.4. The van der Waals surface area contributed by atoms with E-state index in [1.165, 1.54) is 0 Å². The zero-order chi connectivity index (χ0) is 28.1. The van der Waals surface area contributed by atoms with E-state index in [1.807, 2.05) is 85.7 Å². The normalized spacial score (nSPS) is 11.4. The van der Waals surface area contributed by atoms with Crippen LogP contribution in [-0.2, 0) is 0 Å². The van der Waals surface area contributed by atoms with E-state index < -0.39 is 0 Å². The molecule has 0 unspecified atom stereocenters. The van der Waals surface area contributed by atoms with Crippen LogP contribution in [0.1, 0.15) is 41.5 Å². The van der Waals surface area contributed by atoms with Crippen LogP contribution in [0, 0.1) is 0 Å². The van der Waals surface area contributed by atoms with Crippen molar-refractivity contribution >= 4 is 35.0 Å². The van der Waals surface area contributed by atoms with E-state index in [9.17, 15) is 0 Å². The van der Waals surface area contributed by atoms with Gasteiger partial charge in [-0.15, -0.1) is 0 Å². The van der Waals surface area contributed by atoms with Gasteiger partial charge in [0.2, 0.25) is 11.2 Å². The first kappa shape index (κ1) is 29.3. The van der Waals surface area contributed by atoms with Gasteiger partial charge in [0, 0.05) is 48.4 Å². The molecule has 4 aromatic rings. The molecular formula is C30H36Cl2N6. The molecule has 0 fully saturated rings. The van der Waals surface area contributed by atoms with Crippen molar-refractivity contribution < 1.29 is 0 Å². The number of rotatable bonds is 4. The van der Waals surface area contributed by atoms with Crippen molar-refractivity contribution in [1.29, 1.82) is 0 Å². The predicted octanol–water partition coefficient (Wildman–Crippen LogP) is 8.06. The summed E-state index contributed by atoms with van der Waals surface area (Å²) < 4.78 is 0. The average Bonchev–Trinajstić information content (AvgIpc) is 2.87. The quantitative estimate of drug-likeness (QED) is 0.189. The summed E-state index contributed by atoms with van der Waals surface area (Å²) in [6.45, 7) is 12.7. The second-order valence-electron chi connectivity index (χ2n) is 10.9. The van der Waals surface area contributed by atoms with Crippen LogP contribution in [-0.4, -0.2) is 45.1 Å². The minimum atomic E-state index is -0.0569. The molecule has 0 radical (unpaired) electrons. The Kier molecular flexibility index (Phi) is 9.34. The maximum absolute atomic E-state index is 6.12. The number of halogens is 2. The second-order valence-corrected chi connectivity index (χ2v) is 11.7. The van der Waals surface area contributed by atoms with Crippen LogP contribution < -0.4 is 9.80 Å². The fraction of sp³-hybridized carbons (Fsp3) is 0.333. The van der Waals surface area contributed by atoms with Crippen molar-refractivity contribution in [3.63, 3.8) is 0 Å². The zero-order valence-electron chi connectivity index (χ0n) is 23.4. The van der Waals surface area contributed by atoms with E-state index in [1.54, 1.807) is 6.07 Å². The van der Waals surface area contributed by atoms with Crippen molar-refractivity contribution in [2.24, 2.45) is 0 Å². The Morgan fingerprint density at radius 3 is 1.53 bits per heavy atom. The number of aromatic nitrogens is 4. The van der Waals surface area contributed by atoms with Crippen molar-refractivity contribution in [1.82, 2.24) is 19.9 Å². The Bertz CT molecular complexity index is 1230. The van der Waals surface area contributed by atoms with Crippen molar-refractivity contribution in [3.05, 3.63) is 83.2 Å². The lowest BCUT2D eigenvalue weighted by molar-refractivity contribution is 0.528. The van der Waals surface area contributed by atoms with Gasteiger partial charge in [0.25, 0.3) is 0 Å². The van der Waals surface area contributed by atoms with Gasteiger partial charge in [-0.2, -0.15) is 0 Å². The molecule has 6 nitrogen and oxygen atoms in total. The van der Waals surface area contributed by atoms with Crippen LogP contribution in [0.3, 0.4) is 0 Å². The molecule has 0 atom stereocenters. The van der Waals surface area contributed by atoms with E-state index in [4.69, 9.17) is 23.2 Å². The third kappa shape index (κ3) is 7.89. The lowest BCUT2D eigenvalue weighted by Gasteiger charge is -2.33. The van der Waals surface area contributed by atoms with Crippen LogP contribution in [0.5, 0.6) is 0 Å². The van der Waals surface area contributed by atoms with E-state index in [0.717, 1.165) is 28.3 Å². The third-order valence-electron chi connectivity index (χ3n) is 6.16. The summed E-state index contributed by atoms with van der Waals surface area (Å²) in [6.07, 6.45) is 0. The van der Waals surface area contributed by atoms with Gasteiger partial charge in [-0.3, -0.25) is 0 Å². The molecule has 8 heteroatoms. The first-order valence-corrected chi connectivity index (χ1v) is 13.2. The highest BCUT2D eigenvalue weighted by molar-refractivity contribution is 6.29. The molecule has 0 saturated carbocycles. The zero-order valence-corrected chi connectivity index (χ0v) is 24.9. The van der Waals surface area contributed by atoms with Gasteiger partial charge < -0.3 is 9.80 Å². The van der Waals surface area contributed by atoms with E-state index in [0.29, 0.717) is 11.1 Å². The standard InChI is InChI=1S/2C15H18ClN3/c1-15(2,3)19(4)13-10-12(17-14(16)18-13)11-8-6-5-7-9-11;1-15(2,3)19(4)14-17-12(10-13(16)18-14)11-8-6-5-7-9-11/h2*5-10H,1-4H3. The minimum Gasteiger partial charge on any atom is -0.355 e. The third-order valence-corrected chi connectivity index (χ3v) is 6.53. The number of hydrogen-bond donors (Lipinski definition) is 0. The highest BCUT2D eigenvalue weighted by Crippen LogP contribution is 2.27.